The highest BCUT2D eigenvalue weighted by molar-refractivity contribution is 5.71. The number of fused-ring (bicyclic) bond motifs is 1. The van der Waals surface area contributed by atoms with Crippen molar-refractivity contribution in [2.45, 2.75) is 25.9 Å². The van der Waals surface area contributed by atoms with Crippen molar-refractivity contribution in [2.75, 3.05) is 6.61 Å². The quantitative estimate of drug-likeness (QED) is 0.671. The number of pyridine rings is 1. The van der Waals surface area contributed by atoms with Crippen LogP contribution in [0.2, 0.25) is 0 Å². The maximum atomic E-state index is 12.0. The summed E-state index contributed by atoms with van der Waals surface area (Å²) in [5, 5.41) is 0. The first-order chi connectivity index (χ1) is 13.2. The Labute approximate surface area is 159 Å². The Kier molecular flexibility index (Phi) is 4.71. The fraction of sp³-hybridized carbons (Fsp3) is 0.261. The number of hydrogen-bond acceptors (Lipinski definition) is 3. The molecule has 3 aromatic rings. The molecular formula is C23H23NO3. The molecular weight excluding hydrogens is 338 g/mol. The zero-order chi connectivity index (χ0) is 18.8. The zero-order valence-corrected chi connectivity index (χ0v) is 15.6. The minimum Gasteiger partial charge on any atom is -0.493 e. The zero-order valence-electron chi connectivity index (χ0n) is 15.6. The molecule has 1 unspecified atom stereocenters. The monoisotopic (exact) mass is 361 g/mol. The Balaban J connectivity index is 1.72. The number of nitrogens with zero attached hydrogens (tertiary/aromatic N) is 1. The van der Waals surface area contributed by atoms with Gasteiger partial charge in [-0.15, -0.1) is 0 Å². The second kappa shape index (κ2) is 7.31. The molecule has 0 aliphatic heterocycles. The Morgan fingerprint density at radius 3 is 2.70 bits per heavy atom. The van der Waals surface area contributed by atoms with Crippen LogP contribution in [0, 0.1) is 0 Å². The summed E-state index contributed by atoms with van der Waals surface area (Å²) in [5.41, 5.74) is 4.42. The number of rotatable bonds is 5. The minimum absolute atomic E-state index is 0.0467. The van der Waals surface area contributed by atoms with E-state index in [1.165, 1.54) is 11.1 Å². The molecule has 1 atom stereocenters. The number of para-hydroxylation sites is 1. The van der Waals surface area contributed by atoms with Crippen molar-refractivity contribution in [3.05, 3.63) is 82.3 Å². The predicted molar refractivity (Wildman–Crippen MR) is 106 cm³/mol. The Bertz CT molecular complexity index is 1010. The van der Waals surface area contributed by atoms with Gasteiger partial charge in [-0.2, -0.15) is 0 Å². The molecule has 1 aliphatic carbocycles. The molecule has 138 valence electrons. The highest BCUT2D eigenvalue weighted by Gasteiger charge is 2.25. The predicted octanol–water partition coefficient (Wildman–Crippen LogP) is 4.52. The van der Waals surface area contributed by atoms with Crippen molar-refractivity contribution in [2.24, 2.45) is 7.05 Å². The molecule has 1 aromatic heterocycles. The van der Waals surface area contributed by atoms with Crippen molar-refractivity contribution in [1.29, 1.82) is 0 Å². The third-order valence-corrected chi connectivity index (χ3v) is 4.99. The molecule has 0 spiro atoms. The summed E-state index contributed by atoms with van der Waals surface area (Å²) in [4.78, 5) is 12.0. The SMILES string of the molecule is CCOc1cc(=O)n(C)cc1-c1ccc2c(c1)C(Oc1ccccc1)CC2. The summed E-state index contributed by atoms with van der Waals surface area (Å²) in [6.45, 7) is 2.44. The minimum atomic E-state index is -0.0753. The van der Waals surface area contributed by atoms with Crippen LogP contribution in [-0.4, -0.2) is 11.2 Å². The smallest absolute Gasteiger partial charge is 0.254 e. The highest BCUT2D eigenvalue weighted by atomic mass is 16.5. The molecule has 4 rings (SSSR count). The van der Waals surface area contributed by atoms with E-state index in [1.54, 1.807) is 17.7 Å². The summed E-state index contributed by atoms with van der Waals surface area (Å²) in [6, 6.07) is 17.9. The lowest BCUT2D eigenvalue weighted by Gasteiger charge is -2.17. The van der Waals surface area contributed by atoms with Crippen LogP contribution >= 0.6 is 0 Å². The van der Waals surface area contributed by atoms with Crippen LogP contribution in [0.1, 0.15) is 30.6 Å². The fourth-order valence-corrected chi connectivity index (χ4v) is 3.62. The molecule has 27 heavy (non-hydrogen) atoms. The van der Waals surface area contributed by atoms with Gasteiger partial charge in [0.15, 0.2) is 0 Å². The van der Waals surface area contributed by atoms with Gasteiger partial charge in [0.25, 0.3) is 5.56 Å². The highest BCUT2D eigenvalue weighted by Crippen LogP contribution is 2.38. The van der Waals surface area contributed by atoms with Crippen LogP contribution in [0.25, 0.3) is 11.1 Å². The second-order valence-electron chi connectivity index (χ2n) is 6.81. The van der Waals surface area contributed by atoms with Crippen molar-refractivity contribution >= 4 is 0 Å². The molecule has 1 aliphatic rings. The van der Waals surface area contributed by atoms with Gasteiger partial charge in [-0.05, 0) is 54.7 Å². The van der Waals surface area contributed by atoms with Gasteiger partial charge in [0.1, 0.15) is 17.6 Å². The molecule has 0 fully saturated rings. The fourth-order valence-electron chi connectivity index (χ4n) is 3.62. The summed E-state index contributed by atoms with van der Waals surface area (Å²) < 4.78 is 13.5. The molecule has 1 heterocycles. The van der Waals surface area contributed by atoms with E-state index in [1.807, 2.05) is 43.5 Å². The molecule has 4 heteroatoms. The van der Waals surface area contributed by atoms with Gasteiger partial charge >= 0.3 is 0 Å². The van der Waals surface area contributed by atoms with Gasteiger partial charge in [-0.1, -0.05) is 30.3 Å². The first kappa shape index (κ1) is 17.4. The maximum Gasteiger partial charge on any atom is 0.254 e. The summed E-state index contributed by atoms with van der Waals surface area (Å²) in [7, 11) is 1.76. The lowest BCUT2D eigenvalue weighted by Crippen LogP contribution is -2.16. The second-order valence-corrected chi connectivity index (χ2v) is 6.81. The van der Waals surface area contributed by atoms with E-state index in [0.29, 0.717) is 12.4 Å². The molecule has 0 N–H and O–H groups in total. The van der Waals surface area contributed by atoms with Gasteiger partial charge in [-0.3, -0.25) is 4.79 Å². The maximum absolute atomic E-state index is 12.0. The van der Waals surface area contributed by atoms with E-state index in [9.17, 15) is 4.79 Å². The third kappa shape index (κ3) is 3.47. The number of aromatic nitrogens is 1. The van der Waals surface area contributed by atoms with Crippen LogP contribution in [0.15, 0.2) is 65.6 Å². The van der Waals surface area contributed by atoms with E-state index >= 15 is 0 Å². The van der Waals surface area contributed by atoms with E-state index in [2.05, 4.69) is 18.2 Å². The normalized spacial score (nSPS) is 15.4. The Morgan fingerprint density at radius 2 is 1.93 bits per heavy atom. The van der Waals surface area contributed by atoms with Crippen molar-refractivity contribution in [3.8, 4) is 22.6 Å². The van der Waals surface area contributed by atoms with E-state index in [-0.39, 0.29) is 11.7 Å². The Hall–Kier alpha value is -3.01. The largest absolute Gasteiger partial charge is 0.493 e. The van der Waals surface area contributed by atoms with Crippen LogP contribution in [-0.2, 0) is 13.5 Å². The topological polar surface area (TPSA) is 40.5 Å². The molecule has 0 saturated heterocycles. The number of hydrogen-bond donors (Lipinski definition) is 0. The Morgan fingerprint density at radius 1 is 1.11 bits per heavy atom. The van der Waals surface area contributed by atoms with Crippen LogP contribution in [0.3, 0.4) is 0 Å². The van der Waals surface area contributed by atoms with Crippen molar-refractivity contribution in [1.82, 2.24) is 4.57 Å². The van der Waals surface area contributed by atoms with Crippen LogP contribution < -0.4 is 15.0 Å². The molecule has 0 bridgehead atoms. The average molecular weight is 361 g/mol. The van der Waals surface area contributed by atoms with Crippen LogP contribution in [0.5, 0.6) is 11.5 Å². The standard InChI is InChI=1S/C23H23NO3/c1-3-26-22-14-23(25)24(2)15-20(22)17-10-9-16-11-12-21(19(16)13-17)27-18-7-5-4-6-8-18/h4-10,13-15,21H,3,11-12H2,1-2H3. The molecule has 0 saturated carbocycles. The first-order valence-corrected chi connectivity index (χ1v) is 9.34. The summed E-state index contributed by atoms with van der Waals surface area (Å²) >= 11 is 0. The number of benzene rings is 2. The van der Waals surface area contributed by atoms with Gasteiger partial charge in [0.05, 0.1) is 6.61 Å². The third-order valence-electron chi connectivity index (χ3n) is 4.99. The summed E-state index contributed by atoms with van der Waals surface area (Å²) in [5.74, 6) is 1.51. The average Bonchev–Trinajstić information content (AvgIpc) is 3.08. The lowest BCUT2D eigenvalue weighted by molar-refractivity contribution is 0.207. The molecule has 2 aromatic carbocycles. The molecule has 0 radical (unpaired) electrons. The number of aryl methyl sites for hydroxylation is 2. The molecule has 4 nitrogen and oxygen atoms in total. The van der Waals surface area contributed by atoms with Gasteiger partial charge in [0.2, 0.25) is 0 Å². The van der Waals surface area contributed by atoms with Gasteiger partial charge < -0.3 is 14.0 Å². The van der Waals surface area contributed by atoms with Gasteiger partial charge in [-0.25, -0.2) is 0 Å². The van der Waals surface area contributed by atoms with Crippen molar-refractivity contribution < 1.29 is 9.47 Å². The van der Waals surface area contributed by atoms with E-state index < -0.39 is 0 Å². The van der Waals surface area contributed by atoms with Crippen LogP contribution in [0.4, 0.5) is 0 Å². The van der Waals surface area contributed by atoms with E-state index in [0.717, 1.165) is 29.7 Å². The van der Waals surface area contributed by atoms with E-state index in [4.69, 9.17) is 9.47 Å². The van der Waals surface area contributed by atoms with Crippen molar-refractivity contribution in [3.63, 3.8) is 0 Å². The molecule has 0 amide bonds. The summed E-state index contributed by atoms with van der Waals surface area (Å²) in [6.07, 6.45) is 3.88. The first-order valence-electron chi connectivity index (χ1n) is 9.34. The van der Waals surface area contributed by atoms with Gasteiger partial charge in [0, 0.05) is 24.9 Å². The lowest BCUT2D eigenvalue weighted by atomic mass is 10.0. The number of ether oxygens (including phenoxy) is 2.